The lowest BCUT2D eigenvalue weighted by molar-refractivity contribution is 0.393. The third-order valence-corrected chi connectivity index (χ3v) is 3.94. The molecule has 0 amide bonds. The van der Waals surface area contributed by atoms with Crippen molar-refractivity contribution in [3.05, 3.63) is 23.5 Å². The summed E-state index contributed by atoms with van der Waals surface area (Å²) in [5.41, 5.74) is 12.5. The van der Waals surface area contributed by atoms with E-state index < -0.39 is 0 Å². The van der Waals surface area contributed by atoms with Gasteiger partial charge in [0.05, 0.1) is 17.7 Å². The van der Waals surface area contributed by atoms with Crippen LogP contribution in [0.15, 0.2) is 22.1 Å². The van der Waals surface area contributed by atoms with Crippen molar-refractivity contribution >= 4 is 23.5 Å². The number of nitrogens with zero attached hydrogens (tertiary/aromatic N) is 4. The number of aromatic nitrogens is 3. The molecular weight excluding hydrogens is 300 g/mol. The number of nitrogen functional groups attached to an aromatic ring is 2. The molecule has 0 aromatic carbocycles. The molecule has 114 valence electrons. The van der Waals surface area contributed by atoms with Crippen molar-refractivity contribution in [2.75, 3.05) is 18.6 Å². The highest BCUT2D eigenvalue weighted by Gasteiger charge is 2.17. The molecule has 2 aromatic rings. The number of pyridine rings is 1. The van der Waals surface area contributed by atoms with Crippen LogP contribution in [0.25, 0.3) is 0 Å². The van der Waals surface area contributed by atoms with E-state index in [1.165, 1.54) is 18.9 Å². The van der Waals surface area contributed by atoms with Crippen LogP contribution in [-0.4, -0.2) is 22.1 Å². The summed E-state index contributed by atoms with van der Waals surface area (Å²) in [6.45, 7) is 4.03. The fourth-order valence-electron chi connectivity index (χ4n) is 1.82. The van der Waals surface area contributed by atoms with Gasteiger partial charge in [0.15, 0.2) is 0 Å². The first-order chi connectivity index (χ1) is 10.5. The fraction of sp³-hybridized carbons (Fsp3) is 0.286. The van der Waals surface area contributed by atoms with Crippen molar-refractivity contribution in [3.8, 4) is 11.9 Å². The maximum Gasteiger partial charge on any atom is 0.231 e. The molecule has 0 aliphatic heterocycles. The molecule has 0 atom stereocenters. The molecule has 0 radical (unpaired) electrons. The molecule has 7 nitrogen and oxygen atoms in total. The Morgan fingerprint density at radius 2 is 2.00 bits per heavy atom. The number of nitrogens with two attached hydrogens (primary N) is 2. The van der Waals surface area contributed by atoms with Gasteiger partial charge in [-0.05, 0) is 12.0 Å². The van der Waals surface area contributed by atoms with Crippen LogP contribution >= 0.6 is 11.8 Å². The maximum absolute atomic E-state index is 9.22. The molecule has 0 spiro atoms. The fourth-order valence-corrected chi connectivity index (χ4v) is 2.87. The van der Waals surface area contributed by atoms with E-state index in [9.17, 15) is 5.26 Å². The van der Waals surface area contributed by atoms with E-state index in [2.05, 4.69) is 21.0 Å². The Morgan fingerprint density at radius 3 is 2.55 bits per heavy atom. The number of hydrogen-bond donors (Lipinski definition) is 2. The zero-order valence-corrected chi connectivity index (χ0v) is 13.3. The van der Waals surface area contributed by atoms with E-state index in [4.69, 9.17) is 16.2 Å². The summed E-state index contributed by atoms with van der Waals surface area (Å²) in [5.74, 6) is 0.884. The Balaban J connectivity index is 2.51. The molecule has 8 heteroatoms. The van der Waals surface area contributed by atoms with Gasteiger partial charge in [-0.2, -0.15) is 10.2 Å². The highest BCUT2D eigenvalue weighted by Crippen LogP contribution is 2.37. The predicted octanol–water partition coefficient (Wildman–Crippen LogP) is 2.19. The van der Waals surface area contributed by atoms with Gasteiger partial charge in [0.25, 0.3) is 0 Å². The van der Waals surface area contributed by atoms with Crippen LogP contribution in [0.1, 0.15) is 31.0 Å². The number of anilines is 2. The van der Waals surface area contributed by atoms with Crippen LogP contribution in [0.2, 0.25) is 0 Å². The third kappa shape index (κ3) is 3.20. The van der Waals surface area contributed by atoms with Crippen molar-refractivity contribution in [3.63, 3.8) is 0 Å². The topological polar surface area (TPSA) is 124 Å². The van der Waals surface area contributed by atoms with Gasteiger partial charge in [0.2, 0.25) is 11.8 Å². The first-order valence-electron chi connectivity index (χ1n) is 6.51. The molecule has 0 bridgehead atoms. The summed E-state index contributed by atoms with van der Waals surface area (Å²) in [5, 5.41) is 9.22. The van der Waals surface area contributed by atoms with E-state index in [-0.39, 0.29) is 11.9 Å². The van der Waals surface area contributed by atoms with E-state index in [1.54, 1.807) is 12.3 Å². The first kappa shape index (κ1) is 15.9. The molecule has 4 N–H and O–H groups in total. The van der Waals surface area contributed by atoms with Gasteiger partial charge in [-0.3, -0.25) is 0 Å². The molecule has 0 unspecified atom stereocenters. The lowest BCUT2D eigenvalue weighted by atomic mass is 10.1. The van der Waals surface area contributed by atoms with E-state index in [0.29, 0.717) is 22.2 Å². The summed E-state index contributed by atoms with van der Waals surface area (Å²) in [6, 6.07) is 3.82. The van der Waals surface area contributed by atoms with E-state index in [0.717, 1.165) is 10.6 Å². The van der Waals surface area contributed by atoms with Gasteiger partial charge in [-0.25, -0.2) is 9.97 Å². The standard InChI is InChI=1S/C14H16N6OS/c1-7(2)11-9(4-8(5-15)13(19-11)21-3)22-10-6-18-14(17)20-12(10)16/h4,6-7H,1-3H3,(H4,16,17,18,20). The van der Waals surface area contributed by atoms with Crippen molar-refractivity contribution in [2.24, 2.45) is 0 Å². The van der Waals surface area contributed by atoms with Crippen LogP contribution in [-0.2, 0) is 0 Å². The minimum Gasteiger partial charge on any atom is -0.480 e. The maximum atomic E-state index is 9.22. The number of methoxy groups -OCH3 is 1. The lowest BCUT2D eigenvalue weighted by Gasteiger charge is -2.14. The first-order valence-corrected chi connectivity index (χ1v) is 7.32. The molecule has 0 fully saturated rings. The molecule has 2 aromatic heterocycles. The predicted molar refractivity (Wildman–Crippen MR) is 84.6 cm³/mol. The van der Waals surface area contributed by atoms with Gasteiger partial charge < -0.3 is 16.2 Å². The summed E-state index contributed by atoms with van der Waals surface area (Å²) in [7, 11) is 1.49. The van der Waals surface area contributed by atoms with E-state index in [1.807, 2.05) is 13.8 Å². The Bertz CT molecular complexity index is 741. The summed E-state index contributed by atoms with van der Waals surface area (Å²) in [4.78, 5) is 13.8. The number of rotatable bonds is 4. The second-order valence-corrected chi connectivity index (χ2v) is 5.86. The van der Waals surface area contributed by atoms with Gasteiger partial charge in [-0.1, -0.05) is 25.6 Å². The minimum atomic E-state index is 0.122. The quantitative estimate of drug-likeness (QED) is 0.879. The Morgan fingerprint density at radius 1 is 1.27 bits per heavy atom. The SMILES string of the molecule is COc1nc(C(C)C)c(Sc2cnc(N)nc2N)cc1C#N. The van der Waals surface area contributed by atoms with Gasteiger partial charge in [0.1, 0.15) is 17.5 Å². The van der Waals surface area contributed by atoms with Crippen molar-refractivity contribution in [2.45, 2.75) is 29.6 Å². The average molecular weight is 316 g/mol. The number of nitriles is 1. The third-order valence-electron chi connectivity index (χ3n) is 2.86. The molecule has 2 heterocycles. The second kappa shape index (κ2) is 6.49. The van der Waals surface area contributed by atoms with Crippen molar-refractivity contribution in [1.29, 1.82) is 5.26 Å². The van der Waals surface area contributed by atoms with Crippen LogP contribution in [0.3, 0.4) is 0 Å². The zero-order chi connectivity index (χ0) is 16.3. The number of ether oxygens (including phenoxy) is 1. The molecular formula is C14H16N6OS. The van der Waals surface area contributed by atoms with Crippen LogP contribution in [0, 0.1) is 11.3 Å². The summed E-state index contributed by atoms with van der Waals surface area (Å²) in [6.07, 6.45) is 1.56. The van der Waals surface area contributed by atoms with Crippen LogP contribution in [0.5, 0.6) is 5.88 Å². The number of hydrogen-bond acceptors (Lipinski definition) is 8. The molecule has 2 rings (SSSR count). The van der Waals surface area contributed by atoms with Crippen molar-refractivity contribution < 1.29 is 4.74 Å². The van der Waals surface area contributed by atoms with Gasteiger partial charge in [-0.15, -0.1) is 0 Å². The Kier molecular flexibility index (Phi) is 4.68. The van der Waals surface area contributed by atoms with Crippen LogP contribution in [0.4, 0.5) is 11.8 Å². The molecule has 0 aliphatic rings. The van der Waals surface area contributed by atoms with Gasteiger partial charge in [0, 0.05) is 11.1 Å². The minimum absolute atomic E-state index is 0.122. The van der Waals surface area contributed by atoms with E-state index >= 15 is 0 Å². The average Bonchev–Trinajstić information content (AvgIpc) is 2.49. The molecule has 0 aliphatic carbocycles. The molecule has 22 heavy (non-hydrogen) atoms. The molecule has 0 saturated heterocycles. The highest BCUT2D eigenvalue weighted by atomic mass is 32.2. The monoisotopic (exact) mass is 316 g/mol. The Hall–Kier alpha value is -2.53. The second-order valence-electron chi connectivity index (χ2n) is 4.77. The zero-order valence-electron chi connectivity index (χ0n) is 12.5. The molecule has 0 saturated carbocycles. The summed E-state index contributed by atoms with van der Waals surface area (Å²) < 4.78 is 5.16. The largest absolute Gasteiger partial charge is 0.480 e. The Labute approximate surface area is 132 Å². The van der Waals surface area contributed by atoms with Gasteiger partial charge >= 0.3 is 0 Å². The lowest BCUT2D eigenvalue weighted by Crippen LogP contribution is -2.03. The highest BCUT2D eigenvalue weighted by molar-refractivity contribution is 7.99. The van der Waals surface area contributed by atoms with Crippen molar-refractivity contribution in [1.82, 2.24) is 15.0 Å². The smallest absolute Gasteiger partial charge is 0.231 e. The normalized spacial score (nSPS) is 10.5. The summed E-state index contributed by atoms with van der Waals surface area (Å²) >= 11 is 1.35. The van der Waals surface area contributed by atoms with Crippen LogP contribution < -0.4 is 16.2 Å².